The molecule has 0 spiro atoms. The second-order valence-corrected chi connectivity index (χ2v) is 10.3. The van der Waals surface area contributed by atoms with Crippen LogP contribution in [-0.2, 0) is 14.8 Å². The van der Waals surface area contributed by atoms with Crippen molar-refractivity contribution in [2.75, 3.05) is 32.8 Å². The van der Waals surface area contributed by atoms with Crippen molar-refractivity contribution in [1.29, 1.82) is 0 Å². The fourth-order valence-electron chi connectivity index (χ4n) is 5.18. The molecule has 154 valence electrons. The molecule has 2 aliphatic carbocycles. The van der Waals surface area contributed by atoms with Gasteiger partial charge in [-0.3, -0.25) is 4.79 Å². The van der Waals surface area contributed by atoms with Gasteiger partial charge in [0.25, 0.3) is 0 Å². The van der Waals surface area contributed by atoms with E-state index in [1.807, 2.05) is 11.8 Å². The Kier molecular flexibility index (Phi) is 5.65. The van der Waals surface area contributed by atoms with Gasteiger partial charge < -0.3 is 9.64 Å². The molecule has 1 amide bonds. The number of carbonyl (C=O) groups is 1. The summed E-state index contributed by atoms with van der Waals surface area (Å²) in [5, 5.41) is 0. The first kappa shape index (κ1) is 19.7. The van der Waals surface area contributed by atoms with Gasteiger partial charge in [-0.05, 0) is 68.2 Å². The van der Waals surface area contributed by atoms with Gasteiger partial charge in [-0.15, -0.1) is 0 Å². The number of hydrogen-bond donors (Lipinski definition) is 0. The third-order valence-electron chi connectivity index (χ3n) is 6.69. The van der Waals surface area contributed by atoms with Gasteiger partial charge >= 0.3 is 0 Å². The maximum atomic E-state index is 12.9. The molecule has 1 heterocycles. The molecule has 3 unspecified atom stereocenters. The molecule has 6 nitrogen and oxygen atoms in total. The summed E-state index contributed by atoms with van der Waals surface area (Å²) in [6, 6.07) is 6.55. The topological polar surface area (TPSA) is 66.9 Å². The van der Waals surface area contributed by atoms with Crippen LogP contribution in [0.25, 0.3) is 0 Å². The predicted octanol–water partition coefficient (Wildman–Crippen LogP) is 2.74. The van der Waals surface area contributed by atoms with Gasteiger partial charge in [-0.25, -0.2) is 8.42 Å². The molecule has 1 aromatic carbocycles. The molecule has 2 bridgehead atoms. The van der Waals surface area contributed by atoms with E-state index in [0.717, 1.165) is 11.8 Å². The van der Waals surface area contributed by atoms with Crippen molar-refractivity contribution in [3.05, 3.63) is 24.3 Å². The maximum Gasteiger partial charge on any atom is 0.243 e. The molecule has 1 aliphatic heterocycles. The number of benzene rings is 1. The zero-order valence-electron chi connectivity index (χ0n) is 16.5. The van der Waals surface area contributed by atoms with E-state index >= 15 is 0 Å². The lowest BCUT2D eigenvalue weighted by Gasteiger charge is -2.35. The lowest BCUT2D eigenvalue weighted by molar-refractivity contribution is -0.133. The molecule has 2 saturated carbocycles. The highest BCUT2D eigenvalue weighted by atomic mass is 32.2. The fourth-order valence-corrected chi connectivity index (χ4v) is 6.60. The smallest absolute Gasteiger partial charge is 0.243 e. The van der Waals surface area contributed by atoms with Gasteiger partial charge in [0, 0.05) is 32.6 Å². The molecule has 1 saturated heterocycles. The molecular weight excluding hydrogens is 376 g/mol. The van der Waals surface area contributed by atoms with Gasteiger partial charge in [-0.1, -0.05) is 6.42 Å². The van der Waals surface area contributed by atoms with E-state index in [2.05, 4.69) is 0 Å². The third kappa shape index (κ3) is 3.92. The van der Waals surface area contributed by atoms with E-state index in [-0.39, 0.29) is 10.8 Å². The molecular formula is C21H30N2O4S. The van der Waals surface area contributed by atoms with E-state index in [1.165, 1.54) is 30.0 Å². The number of rotatable bonds is 6. The normalized spacial score (nSPS) is 27.9. The molecule has 28 heavy (non-hydrogen) atoms. The van der Waals surface area contributed by atoms with Crippen LogP contribution in [0.3, 0.4) is 0 Å². The monoisotopic (exact) mass is 406 g/mol. The van der Waals surface area contributed by atoms with E-state index in [4.69, 9.17) is 4.74 Å². The molecule has 3 atom stereocenters. The van der Waals surface area contributed by atoms with Crippen molar-refractivity contribution >= 4 is 15.9 Å². The SMILES string of the molecule is CCOc1ccc(S(=O)(=O)N2CCN(C(=O)CC3CC4CCC3C4)CC2)cc1. The Morgan fingerprint density at radius 1 is 1.07 bits per heavy atom. The van der Waals surface area contributed by atoms with E-state index < -0.39 is 10.0 Å². The molecule has 1 aromatic rings. The van der Waals surface area contributed by atoms with Gasteiger partial charge in [-0.2, -0.15) is 4.31 Å². The van der Waals surface area contributed by atoms with Crippen LogP contribution in [0.5, 0.6) is 5.75 Å². The minimum Gasteiger partial charge on any atom is -0.494 e. The van der Waals surface area contributed by atoms with Gasteiger partial charge in [0.05, 0.1) is 11.5 Å². The molecule has 7 heteroatoms. The van der Waals surface area contributed by atoms with E-state index in [9.17, 15) is 13.2 Å². The summed E-state index contributed by atoms with van der Waals surface area (Å²) in [4.78, 5) is 14.8. The summed E-state index contributed by atoms with van der Waals surface area (Å²) in [5.74, 6) is 3.01. The molecule has 3 aliphatic rings. The van der Waals surface area contributed by atoms with Gasteiger partial charge in [0.15, 0.2) is 0 Å². The average Bonchev–Trinajstić information content (AvgIpc) is 3.32. The van der Waals surface area contributed by atoms with Gasteiger partial charge in [0.2, 0.25) is 15.9 Å². The molecule has 0 N–H and O–H groups in total. The number of fused-ring (bicyclic) bond motifs is 2. The minimum atomic E-state index is -3.53. The summed E-state index contributed by atoms with van der Waals surface area (Å²) >= 11 is 0. The van der Waals surface area contributed by atoms with Crippen molar-refractivity contribution < 1.29 is 17.9 Å². The molecule has 0 radical (unpaired) electrons. The standard InChI is InChI=1S/C21H30N2O4S/c1-2-27-19-5-7-20(8-6-19)28(25,26)23-11-9-22(10-12-23)21(24)15-18-14-16-3-4-17(18)13-16/h5-8,16-18H,2-4,9-15H2,1H3. The Hall–Kier alpha value is -1.60. The third-order valence-corrected chi connectivity index (χ3v) is 8.60. The first-order valence-electron chi connectivity index (χ1n) is 10.5. The van der Waals surface area contributed by atoms with Crippen LogP contribution >= 0.6 is 0 Å². The maximum absolute atomic E-state index is 12.9. The van der Waals surface area contributed by atoms with Crippen LogP contribution in [0.15, 0.2) is 29.2 Å². The summed E-state index contributed by atoms with van der Waals surface area (Å²) in [7, 11) is -3.53. The predicted molar refractivity (Wildman–Crippen MR) is 107 cm³/mol. The summed E-state index contributed by atoms with van der Waals surface area (Å²) in [5.41, 5.74) is 0. The van der Waals surface area contributed by atoms with Crippen LogP contribution in [0, 0.1) is 17.8 Å². The number of nitrogens with zero attached hydrogens (tertiary/aromatic N) is 2. The highest BCUT2D eigenvalue weighted by Crippen LogP contribution is 2.49. The number of sulfonamides is 1. The van der Waals surface area contributed by atoms with E-state index in [0.29, 0.717) is 50.9 Å². The van der Waals surface area contributed by atoms with Crippen LogP contribution < -0.4 is 4.74 Å². The Morgan fingerprint density at radius 3 is 2.36 bits per heavy atom. The number of ether oxygens (including phenoxy) is 1. The Morgan fingerprint density at radius 2 is 1.79 bits per heavy atom. The number of carbonyl (C=O) groups excluding carboxylic acids is 1. The summed E-state index contributed by atoms with van der Waals surface area (Å²) in [6.45, 7) is 4.12. The lowest BCUT2D eigenvalue weighted by Crippen LogP contribution is -2.50. The van der Waals surface area contributed by atoms with Crippen LogP contribution in [0.4, 0.5) is 0 Å². The summed E-state index contributed by atoms with van der Waals surface area (Å²) in [6.07, 6.45) is 5.80. The fraction of sp³-hybridized carbons (Fsp3) is 0.667. The first-order valence-corrected chi connectivity index (χ1v) is 11.9. The minimum absolute atomic E-state index is 0.204. The molecule has 3 fully saturated rings. The second-order valence-electron chi connectivity index (χ2n) is 8.33. The van der Waals surface area contributed by atoms with Crippen molar-refractivity contribution in [1.82, 2.24) is 9.21 Å². The Balaban J connectivity index is 1.32. The number of hydrogen-bond acceptors (Lipinski definition) is 4. The van der Waals surface area contributed by atoms with Crippen molar-refractivity contribution in [2.45, 2.75) is 43.9 Å². The zero-order valence-corrected chi connectivity index (χ0v) is 17.4. The quantitative estimate of drug-likeness (QED) is 0.729. The lowest BCUT2D eigenvalue weighted by atomic mass is 9.86. The first-order chi connectivity index (χ1) is 13.5. The Labute approximate surface area is 167 Å². The van der Waals surface area contributed by atoms with Crippen LogP contribution in [-0.4, -0.2) is 56.3 Å². The van der Waals surface area contributed by atoms with E-state index in [1.54, 1.807) is 24.3 Å². The number of amides is 1. The van der Waals surface area contributed by atoms with Crippen molar-refractivity contribution in [3.63, 3.8) is 0 Å². The molecule has 0 aromatic heterocycles. The zero-order chi connectivity index (χ0) is 19.7. The number of piperazine rings is 1. The Bertz CT molecular complexity index is 800. The second kappa shape index (κ2) is 8.03. The molecule has 4 rings (SSSR count). The highest BCUT2D eigenvalue weighted by molar-refractivity contribution is 7.89. The van der Waals surface area contributed by atoms with Gasteiger partial charge in [0.1, 0.15) is 5.75 Å². The van der Waals surface area contributed by atoms with Crippen molar-refractivity contribution in [2.24, 2.45) is 17.8 Å². The highest BCUT2D eigenvalue weighted by Gasteiger charge is 2.41. The largest absolute Gasteiger partial charge is 0.494 e. The van der Waals surface area contributed by atoms with Crippen LogP contribution in [0.1, 0.15) is 39.0 Å². The van der Waals surface area contributed by atoms with Crippen molar-refractivity contribution in [3.8, 4) is 5.75 Å². The average molecular weight is 407 g/mol. The summed E-state index contributed by atoms with van der Waals surface area (Å²) < 4.78 is 32.6. The van der Waals surface area contributed by atoms with Crippen LogP contribution in [0.2, 0.25) is 0 Å².